The van der Waals surface area contributed by atoms with Crippen LogP contribution in [0.1, 0.15) is 34.4 Å². The molecule has 9 heteroatoms. The Morgan fingerprint density at radius 3 is 3.04 bits per heavy atom. The number of amidine groups is 1. The van der Waals surface area contributed by atoms with Crippen LogP contribution in [-0.2, 0) is 12.1 Å². The average Bonchev–Trinajstić information content (AvgIpc) is 3.33. The van der Waals surface area contributed by atoms with E-state index >= 15 is 0 Å². The summed E-state index contributed by atoms with van der Waals surface area (Å²) < 4.78 is 5.94. The summed E-state index contributed by atoms with van der Waals surface area (Å²) >= 11 is 1.21. The molecule has 1 amide bonds. The van der Waals surface area contributed by atoms with Gasteiger partial charge in [-0.25, -0.2) is 4.98 Å². The van der Waals surface area contributed by atoms with E-state index in [1.807, 2.05) is 17.7 Å². The minimum Gasteiger partial charge on any atom is -0.381 e. The summed E-state index contributed by atoms with van der Waals surface area (Å²) in [4.78, 5) is 21.1. The van der Waals surface area contributed by atoms with Crippen molar-refractivity contribution in [1.29, 1.82) is 5.26 Å². The Kier molecular flexibility index (Phi) is 3.97. The number of nitrogens with zero attached hydrogens (tertiary/aromatic N) is 5. The molecule has 1 aromatic carbocycles. The van der Waals surface area contributed by atoms with Gasteiger partial charge in [-0.2, -0.15) is 9.64 Å². The van der Waals surface area contributed by atoms with Crippen LogP contribution in [-0.4, -0.2) is 25.7 Å². The highest BCUT2D eigenvalue weighted by atomic mass is 32.1. The number of benzene rings is 1. The Hall–Kier alpha value is -3.51. The smallest absolute Gasteiger partial charge is 0.275 e. The molecule has 0 fully saturated rings. The summed E-state index contributed by atoms with van der Waals surface area (Å²) in [6.07, 6.45) is 3.49. The quantitative estimate of drug-likeness (QED) is 0.724. The van der Waals surface area contributed by atoms with Crippen LogP contribution in [0, 0.1) is 11.3 Å². The maximum absolute atomic E-state index is 12.3. The first kappa shape index (κ1) is 16.9. The molecule has 0 radical (unpaired) electrons. The van der Waals surface area contributed by atoms with Crippen molar-refractivity contribution in [1.82, 2.24) is 13.9 Å². The van der Waals surface area contributed by atoms with Gasteiger partial charge in [0, 0.05) is 29.0 Å². The summed E-state index contributed by atoms with van der Waals surface area (Å²) in [5.74, 6) is 0.620. The molecule has 0 saturated heterocycles. The van der Waals surface area contributed by atoms with Crippen molar-refractivity contribution < 1.29 is 4.79 Å². The van der Waals surface area contributed by atoms with Gasteiger partial charge in [0.15, 0.2) is 11.7 Å². The van der Waals surface area contributed by atoms with E-state index in [1.165, 1.54) is 11.5 Å². The molecule has 1 aliphatic rings. The van der Waals surface area contributed by atoms with Gasteiger partial charge in [-0.05, 0) is 42.7 Å². The number of rotatable bonds is 3. The van der Waals surface area contributed by atoms with Crippen molar-refractivity contribution in [3.63, 3.8) is 0 Å². The largest absolute Gasteiger partial charge is 0.381 e. The lowest BCUT2D eigenvalue weighted by atomic mass is 9.87. The van der Waals surface area contributed by atoms with Crippen LogP contribution in [0.15, 0.2) is 47.0 Å². The molecule has 0 bridgehead atoms. The number of nitrogens with one attached hydrogen (secondary N) is 1. The van der Waals surface area contributed by atoms with Gasteiger partial charge < -0.3 is 15.6 Å². The third-order valence-corrected chi connectivity index (χ3v) is 5.00. The second-order valence-electron chi connectivity index (χ2n) is 6.36. The van der Waals surface area contributed by atoms with E-state index in [2.05, 4.69) is 25.7 Å². The maximum Gasteiger partial charge on any atom is 0.275 e. The van der Waals surface area contributed by atoms with Crippen LogP contribution in [0.4, 0.5) is 5.69 Å². The van der Waals surface area contributed by atoms with E-state index < -0.39 is 5.54 Å². The number of nitriles is 1. The van der Waals surface area contributed by atoms with Gasteiger partial charge in [0.1, 0.15) is 11.2 Å². The second-order valence-corrected chi connectivity index (χ2v) is 7.03. The van der Waals surface area contributed by atoms with E-state index in [4.69, 9.17) is 5.73 Å². The second kappa shape index (κ2) is 6.34. The van der Waals surface area contributed by atoms with Gasteiger partial charge in [0.05, 0.1) is 18.2 Å². The number of imidazole rings is 1. The predicted octanol–water partition coefficient (Wildman–Crippen LogP) is 2.10. The Morgan fingerprint density at radius 2 is 2.30 bits per heavy atom. The molecule has 1 atom stereocenters. The molecule has 1 unspecified atom stereocenters. The molecule has 0 saturated carbocycles. The summed E-state index contributed by atoms with van der Waals surface area (Å²) in [5.41, 5.74) is 7.40. The fraction of sp³-hybridized carbons (Fsp3) is 0.167. The van der Waals surface area contributed by atoms with Gasteiger partial charge in [0.2, 0.25) is 0 Å². The van der Waals surface area contributed by atoms with E-state index in [0.717, 1.165) is 0 Å². The Balaban J connectivity index is 1.73. The molecular formula is C18H15N7OS. The van der Waals surface area contributed by atoms with E-state index in [0.29, 0.717) is 40.7 Å². The van der Waals surface area contributed by atoms with Gasteiger partial charge >= 0.3 is 0 Å². The first-order chi connectivity index (χ1) is 13.0. The lowest BCUT2D eigenvalue weighted by Crippen LogP contribution is -2.37. The van der Waals surface area contributed by atoms with Crippen LogP contribution in [0.2, 0.25) is 0 Å². The third-order valence-electron chi connectivity index (χ3n) is 4.44. The number of carbonyl (C=O) groups excluding carboxylic acids is 1. The summed E-state index contributed by atoms with van der Waals surface area (Å²) in [7, 11) is 0. The van der Waals surface area contributed by atoms with Crippen LogP contribution < -0.4 is 11.1 Å². The van der Waals surface area contributed by atoms with Crippen molar-refractivity contribution in [2.24, 2.45) is 10.7 Å². The molecule has 3 heterocycles. The number of anilines is 1. The van der Waals surface area contributed by atoms with Crippen LogP contribution >= 0.6 is 11.5 Å². The number of amides is 1. The monoisotopic (exact) mass is 377 g/mol. The number of carbonyl (C=O) groups is 1. The number of hydrogen-bond acceptors (Lipinski definition) is 7. The Morgan fingerprint density at radius 1 is 1.44 bits per heavy atom. The van der Waals surface area contributed by atoms with Crippen molar-refractivity contribution in [3.8, 4) is 6.07 Å². The topological polar surface area (TPSA) is 122 Å². The average molecular weight is 377 g/mol. The summed E-state index contributed by atoms with van der Waals surface area (Å²) in [6.45, 7) is 2.40. The standard InChI is InChI=1S/C18H15N7OS/c1-18(10-25-6-5-21-16(25)15(20)23-18)13-8-12(3-2-11(13)9-19)22-17(26)14-4-7-27-24-14/h2-8H,10H2,1H3,(H2,20,23)(H,22,26). The van der Waals surface area contributed by atoms with Gasteiger partial charge in [0.25, 0.3) is 5.91 Å². The highest BCUT2D eigenvalue weighted by Gasteiger charge is 2.34. The first-order valence-corrected chi connectivity index (χ1v) is 8.97. The zero-order valence-corrected chi connectivity index (χ0v) is 15.2. The summed E-state index contributed by atoms with van der Waals surface area (Å²) in [5, 5.41) is 14.1. The molecule has 3 N–H and O–H groups in total. The number of aromatic nitrogens is 3. The molecule has 3 aromatic rings. The van der Waals surface area contributed by atoms with Crippen LogP contribution in [0.3, 0.4) is 0 Å². The van der Waals surface area contributed by atoms with Crippen LogP contribution in [0.5, 0.6) is 0 Å². The van der Waals surface area contributed by atoms with E-state index in [-0.39, 0.29) is 5.91 Å². The molecule has 8 nitrogen and oxygen atoms in total. The molecule has 0 aliphatic carbocycles. The fourth-order valence-electron chi connectivity index (χ4n) is 3.19. The van der Waals surface area contributed by atoms with Crippen molar-refractivity contribution in [2.75, 3.05) is 5.32 Å². The molecule has 134 valence electrons. The van der Waals surface area contributed by atoms with Crippen molar-refractivity contribution >= 4 is 29.0 Å². The predicted molar refractivity (Wildman–Crippen MR) is 102 cm³/mol. The zero-order valence-electron chi connectivity index (χ0n) is 14.4. The molecule has 27 heavy (non-hydrogen) atoms. The molecule has 4 rings (SSSR count). The lowest BCUT2D eigenvalue weighted by Gasteiger charge is -2.32. The van der Waals surface area contributed by atoms with Gasteiger partial charge in [-0.1, -0.05) is 0 Å². The number of nitrogens with two attached hydrogens (primary N) is 1. The molecular weight excluding hydrogens is 362 g/mol. The Labute approximate surface area is 159 Å². The van der Waals surface area contributed by atoms with E-state index in [1.54, 1.807) is 35.8 Å². The molecule has 2 aromatic heterocycles. The first-order valence-electron chi connectivity index (χ1n) is 8.13. The van der Waals surface area contributed by atoms with Gasteiger partial charge in [-0.15, -0.1) is 0 Å². The maximum atomic E-state index is 12.3. The fourth-order valence-corrected chi connectivity index (χ4v) is 3.70. The zero-order chi connectivity index (χ0) is 19.0. The molecule has 1 aliphatic heterocycles. The Bertz CT molecular complexity index is 1090. The number of aliphatic imine (C=N–C) groups is 1. The van der Waals surface area contributed by atoms with Crippen LogP contribution in [0.25, 0.3) is 0 Å². The normalized spacial score (nSPS) is 18.3. The highest BCUT2D eigenvalue weighted by Crippen LogP contribution is 2.35. The minimum absolute atomic E-state index is 0.305. The van der Waals surface area contributed by atoms with E-state index in [9.17, 15) is 10.1 Å². The van der Waals surface area contributed by atoms with Crippen molar-refractivity contribution in [3.05, 3.63) is 64.7 Å². The summed E-state index contributed by atoms with van der Waals surface area (Å²) in [6, 6.07) is 8.98. The molecule has 0 spiro atoms. The number of hydrogen-bond donors (Lipinski definition) is 2. The third kappa shape index (κ3) is 2.96. The van der Waals surface area contributed by atoms with Gasteiger partial charge in [-0.3, -0.25) is 9.79 Å². The lowest BCUT2D eigenvalue weighted by molar-refractivity contribution is 0.102. The SMILES string of the molecule is CC1(c2cc(NC(=O)c3ccsn3)ccc2C#N)Cn2ccnc2C(N)=N1. The number of fused-ring (bicyclic) bond motifs is 1. The minimum atomic E-state index is -0.760. The highest BCUT2D eigenvalue weighted by molar-refractivity contribution is 7.03. The van der Waals surface area contributed by atoms with Crippen molar-refractivity contribution in [2.45, 2.75) is 19.0 Å².